The predicted molar refractivity (Wildman–Crippen MR) is 156 cm³/mol. The largest absolute Gasteiger partial charge is 0.493 e. The van der Waals surface area contributed by atoms with Gasteiger partial charge in [-0.05, 0) is 54.1 Å². The van der Waals surface area contributed by atoms with Crippen molar-refractivity contribution < 1.29 is 23.7 Å². The van der Waals surface area contributed by atoms with Gasteiger partial charge < -0.3 is 24.7 Å². The van der Waals surface area contributed by atoms with Crippen LogP contribution in [0.3, 0.4) is 0 Å². The highest BCUT2D eigenvalue weighted by Gasteiger charge is 2.32. The third-order valence-corrected chi connectivity index (χ3v) is 7.20. The molecular weight excluding hydrogens is 587 g/mol. The second-order valence-electron chi connectivity index (χ2n) is 8.96. The summed E-state index contributed by atoms with van der Waals surface area (Å²) in [6.07, 6.45) is 0. The number of allylic oxidation sites excluding steroid dienone is 1. The zero-order valence-corrected chi connectivity index (χ0v) is 23.8. The number of nitriles is 1. The molecule has 0 saturated carbocycles. The third-order valence-electron chi connectivity index (χ3n) is 6.38. The lowest BCUT2D eigenvalue weighted by molar-refractivity contribution is 0.0734. The van der Waals surface area contributed by atoms with Crippen LogP contribution in [0.15, 0.2) is 90.3 Å². The van der Waals surface area contributed by atoms with Crippen LogP contribution in [0, 0.1) is 11.3 Å². The van der Waals surface area contributed by atoms with E-state index in [0.717, 1.165) is 5.56 Å². The molecule has 206 valence electrons. The lowest BCUT2D eigenvalue weighted by Crippen LogP contribution is -2.21. The Hall–Kier alpha value is -4.35. The van der Waals surface area contributed by atoms with Crippen LogP contribution in [0.2, 0.25) is 15.1 Å². The van der Waals surface area contributed by atoms with E-state index in [0.29, 0.717) is 49.0 Å². The summed E-state index contributed by atoms with van der Waals surface area (Å²) < 4.78 is 22.9. The predicted octanol–water partition coefficient (Wildman–Crippen LogP) is 7.67. The van der Waals surface area contributed by atoms with Gasteiger partial charge in [0.1, 0.15) is 29.7 Å². The lowest BCUT2D eigenvalue weighted by Gasteiger charge is -2.27. The minimum Gasteiger partial charge on any atom is -0.493 e. The van der Waals surface area contributed by atoms with E-state index >= 15 is 0 Å². The molecule has 0 fully saturated rings. The normalized spacial score (nSPS) is 14.0. The molecule has 4 aromatic rings. The number of halogens is 3. The van der Waals surface area contributed by atoms with Crippen LogP contribution < -0.4 is 24.7 Å². The maximum atomic E-state index is 12.6. The van der Waals surface area contributed by atoms with Crippen molar-refractivity contribution in [3.05, 3.63) is 128 Å². The molecule has 5 rings (SSSR count). The van der Waals surface area contributed by atoms with Crippen molar-refractivity contribution in [2.45, 2.75) is 12.5 Å². The highest BCUT2D eigenvalue weighted by molar-refractivity contribution is 6.35. The van der Waals surface area contributed by atoms with Gasteiger partial charge in [0.25, 0.3) is 0 Å². The van der Waals surface area contributed by atoms with Gasteiger partial charge in [0.05, 0.1) is 18.6 Å². The van der Waals surface area contributed by atoms with Gasteiger partial charge in [0, 0.05) is 32.3 Å². The topological polar surface area (TPSA) is 104 Å². The number of nitrogens with two attached hydrogens (primary N) is 1. The van der Waals surface area contributed by atoms with Gasteiger partial charge in [0.2, 0.25) is 5.88 Å². The average Bonchev–Trinajstić information content (AvgIpc) is 2.96. The Bertz CT molecular complexity index is 1730. The van der Waals surface area contributed by atoms with Crippen LogP contribution in [0.4, 0.5) is 0 Å². The summed E-state index contributed by atoms with van der Waals surface area (Å²) in [4.78, 5) is 12.6. The Morgan fingerprint density at radius 3 is 2.51 bits per heavy atom. The number of rotatable bonds is 7. The third kappa shape index (κ3) is 6.06. The number of ether oxygens (including phenoxy) is 4. The lowest BCUT2D eigenvalue weighted by atomic mass is 9.83. The van der Waals surface area contributed by atoms with Crippen molar-refractivity contribution in [2.24, 2.45) is 5.73 Å². The molecule has 1 atom stereocenters. The fourth-order valence-corrected chi connectivity index (χ4v) is 5.05. The summed E-state index contributed by atoms with van der Waals surface area (Å²) in [7, 11) is 1.52. The smallest absolute Gasteiger partial charge is 0.343 e. The highest BCUT2D eigenvalue weighted by atomic mass is 35.5. The van der Waals surface area contributed by atoms with Crippen molar-refractivity contribution in [1.82, 2.24) is 0 Å². The molecule has 7 nitrogen and oxygen atoms in total. The van der Waals surface area contributed by atoms with Gasteiger partial charge in [-0.25, -0.2) is 4.79 Å². The van der Waals surface area contributed by atoms with Crippen molar-refractivity contribution in [3.63, 3.8) is 0 Å². The quantitative estimate of drug-likeness (QED) is 0.170. The Labute approximate surface area is 251 Å². The Balaban J connectivity index is 1.43. The first-order valence-electron chi connectivity index (χ1n) is 12.2. The van der Waals surface area contributed by atoms with E-state index in [1.54, 1.807) is 66.7 Å². The van der Waals surface area contributed by atoms with Gasteiger partial charge >= 0.3 is 5.97 Å². The van der Waals surface area contributed by atoms with Crippen molar-refractivity contribution >= 4 is 40.8 Å². The molecule has 4 aromatic carbocycles. The highest BCUT2D eigenvalue weighted by Crippen LogP contribution is 2.45. The minimum atomic E-state index is -0.582. The number of hydrogen-bond donors (Lipinski definition) is 1. The summed E-state index contributed by atoms with van der Waals surface area (Å²) >= 11 is 18.3. The first-order chi connectivity index (χ1) is 19.8. The average molecular weight is 608 g/mol. The Morgan fingerprint density at radius 1 is 0.976 bits per heavy atom. The molecule has 41 heavy (non-hydrogen) atoms. The maximum Gasteiger partial charge on any atom is 0.343 e. The summed E-state index contributed by atoms with van der Waals surface area (Å²) in [5, 5.41) is 11.4. The standard InChI is InChI=1S/C31H21Cl3N2O5/c1-38-28-12-17(6-10-26(28)39-16-19-5-7-21(33)13-25(19)34)29-23-9-8-22(14-27(23)41-30(36)24(29)15-35)40-31(37)18-3-2-4-20(32)11-18/h2-14,29H,16,36H2,1H3. The summed E-state index contributed by atoms with van der Waals surface area (Å²) in [5.41, 5.74) is 8.82. The molecule has 0 radical (unpaired) electrons. The fraction of sp³-hybridized carbons (Fsp3) is 0.0968. The van der Waals surface area contributed by atoms with E-state index in [1.165, 1.54) is 13.2 Å². The van der Waals surface area contributed by atoms with Crippen LogP contribution in [-0.4, -0.2) is 13.1 Å². The van der Waals surface area contributed by atoms with Gasteiger partial charge in [-0.2, -0.15) is 5.26 Å². The monoisotopic (exact) mass is 606 g/mol. The Kier molecular flexibility index (Phi) is 8.27. The number of methoxy groups -OCH3 is 1. The molecule has 2 N–H and O–H groups in total. The van der Waals surface area contributed by atoms with E-state index < -0.39 is 11.9 Å². The second-order valence-corrected chi connectivity index (χ2v) is 10.2. The molecule has 0 bridgehead atoms. The van der Waals surface area contributed by atoms with Crippen molar-refractivity contribution in [3.8, 4) is 29.1 Å². The van der Waals surface area contributed by atoms with Gasteiger partial charge in [-0.3, -0.25) is 0 Å². The maximum absolute atomic E-state index is 12.6. The van der Waals surface area contributed by atoms with Gasteiger partial charge in [0.15, 0.2) is 11.5 Å². The SMILES string of the molecule is COc1cc(C2C(C#N)=C(N)Oc3cc(OC(=O)c4cccc(Cl)c4)ccc32)ccc1OCc1ccc(Cl)cc1Cl. The first-order valence-corrected chi connectivity index (χ1v) is 13.3. The number of hydrogen-bond acceptors (Lipinski definition) is 7. The number of carbonyl (C=O) groups excluding carboxylic acids is 1. The molecule has 1 unspecified atom stereocenters. The second kappa shape index (κ2) is 12.0. The van der Waals surface area contributed by atoms with E-state index in [2.05, 4.69) is 6.07 Å². The zero-order chi connectivity index (χ0) is 29.1. The number of carbonyl (C=O) groups is 1. The molecule has 1 aliphatic heterocycles. The fourth-order valence-electron chi connectivity index (χ4n) is 4.40. The number of nitrogens with zero attached hydrogens (tertiary/aromatic N) is 1. The van der Waals surface area contributed by atoms with E-state index in [4.69, 9.17) is 59.5 Å². The van der Waals surface area contributed by atoms with Crippen molar-refractivity contribution in [1.29, 1.82) is 5.26 Å². The molecule has 1 aliphatic rings. The molecule has 0 aliphatic carbocycles. The number of benzene rings is 4. The molecule has 0 amide bonds. The van der Waals surface area contributed by atoms with Crippen LogP contribution in [-0.2, 0) is 6.61 Å². The van der Waals surface area contributed by atoms with Crippen molar-refractivity contribution in [2.75, 3.05) is 7.11 Å². The molecule has 0 aromatic heterocycles. The number of fused-ring (bicyclic) bond motifs is 1. The van der Waals surface area contributed by atoms with Crippen LogP contribution in [0.5, 0.6) is 23.0 Å². The van der Waals surface area contributed by atoms with Gasteiger partial charge in [-0.1, -0.05) is 59.1 Å². The van der Waals surface area contributed by atoms with Gasteiger partial charge in [-0.15, -0.1) is 0 Å². The Morgan fingerprint density at radius 2 is 1.78 bits per heavy atom. The summed E-state index contributed by atoms with van der Waals surface area (Å²) in [5.74, 6) is 0.301. The molecule has 0 saturated heterocycles. The van der Waals surface area contributed by atoms with E-state index in [1.807, 2.05) is 6.07 Å². The van der Waals surface area contributed by atoms with E-state index in [-0.39, 0.29) is 23.8 Å². The van der Waals surface area contributed by atoms with E-state index in [9.17, 15) is 10.1 Å². The van der Waals surface area contributed by atoms with Crippen LogP contribution >= 0.6 is 34.8 Å². The zero-order valence-electron chi connectivity index (χ0n) is 21.5. The minimum absolute atomic E-state index is 0.0556. The molecule has 0 spiro atoms. The molecule has 10 heteroatoms. The molecular formula is C31H21Cl3N2O5. The number of esters is 1. The summed E-state index contributed by atoms with van der Waals surface area (Å²) in [6.45, 7) is 0.193. The van der Waals surface area contributed by atoms with Crippen LogP contribution in [0.25, 0.3) is 0 Å². The molecule has 1 heterocycles. The first kappa shape index (κ1) is 28.2. The van der Waals surface area contributed by atoms with Crippen LogP contribution in [0.1, 0.15) is 33.0 Å². The summed E-state index contributed by atoms with van der Waals surface area (Å²) in [6, 6.07) is 24.0.